The van der Waals surface area contributed by atoms with E-state index in [4.69, 9.17) is 16.3 Å². The first kappa shape index (κ1) is 27.6. The van der Waals surface area contributed by atoms with E-state index in [9.17, 15) is 9.59 Å². The Morgan fingerprint density at radius 3 is 2.73 bits per heavy atom. The molecule has 2 heterocycles. The average molecular weight is 529 g/mol. The highest BCUT2D eigenvalue weighted by atomic mass is 35.5. The molecular weight excluding hydrogens is 488 g/mol. The van der Waals surface area contributed by atoms with Crippen LogP contribution in [0.1, 0.15) is 83.5 Å². The van der Waals surface area contributed by atoms with E-state index in [1.165, 1.54) is 0 Å². The lowest BCUT2D eigenvalue weighted by Crippen LogP contribution is -2.37. The molecule has 1 aliphatic carbocycles. The van der Waals surface area contributed by atoms with Gasteiger partial charge in [0.15, 0.2) is 0 Å². The Balaban J connectivity index is 1.44. The number of amides is 1. The van der Waals surface area contributed by atoms with Gasteiger partial charge >= 0.3 is 0 Å². The Morgan fingerprint density at radius 1 is 1.24 bits per heavy atom. The van der Waals surface area contributed by atoms with Crippen molar-refractivity contribution in [1.82, 2.24) is 20.2 Å². The molecular formula is C29H41ClN4O3. The van der Waals surface area contributed by atoms with Crippen molar-refractivity contribution in [2.75, 3.05) is 26.7 Å². The van der Waals surface area contributed by atoms with Gasteiger partial charge in [-0.05, 0) is 75.4 Å². The van der Waals surface area contributed by atoms with Crippen molar-refractivity contribution in [2.45, 2.75) is 77.7 Å². The van der Waals surface area contributed by atoms with Gasteiger partial charge in [0, 0.05) is 29.3 Å². The summed E-state index contributed by atoms with van der Waals surface area (Å²) in [6, 6.07) is 5.28. The summed E-state index contributed by atoms with van der Waals surface area (Å²) in [7, 11) is 1.63. The maximum Gasteiger partial charge on any atom is 0.224 e. The van der Waals surface area contributed by atoms with E-state index in [0.29, 0.717) is 29.4 Å². The van der Waals surface area contributed by atoms with Crippen molar-refractivity contribution in [3.05, 3.63) is 35.2 Å². The first-order valence-electron chi connectivity index (χ1n) is 13.8. The Labute approximate surface area is 225 Å². The predicted molar refractivity (Wildman–Crippen MR) is 147 cm³/mol. The number of hydrogen-bond donors (Lipinski definition) is 2. The minimum Gasteiger partial charge on any atom is -0.496 e. The highest BCUT2D eigenvalue weighted by Crippen LogP contribution is 2.59. The van der Waals surface area contributed by atoms with Crippen molar-refractivity contribution >= 4 is 23.3 Å². The summed E-state index contributed by atoms with van der Waals surface area (Å²) in [5.41, 5.74) is 1.82. The molecule has 8 heteroatoms. The Hall–Kier alpha value is -2.38. The molecule has 2 aromatic rings. The number of rotatable bonds is 13. The van der Waals surface area contributed by atoms with E-state index >= 15 is 0 Å². The van der Waals surface area contributed by atoms with Gasteiger partial charge in [-0.1, -0.05) is 38.3 Å². The number of carbonyl (C=O) groups is 2. The lowest BCUT2D eigenvalue weighted by molar-refractivity contribution is -0.124. The van der Waals surface area contributed by atoms with Crippen LogP contribution in [0, 0.1) is 11.3 Å². The quantitative estimate of drug-likeness (QED) is 0.314. The number of halogens is 1. The van der Waals surface area contributed by atoms with Crippen LogP contribution in [-0.4, -0.2) is 53.3 Å². The number of methoxy groups -OCH3 is 1. The van der Waals surface area contributed by atoms with Crippen molar-refractivity contribution < 1.29 is 14.3 Å². The molecule has 1 amide bonds. The molecule has 1 spiro atoms. The van der Waals surface area contributed by atoms with Gasteiger partial charge in [0.1, 0.15) is 17.4 Å². The average Bonchev–Trinajstić information content (AvgIpc) is 3.38. The molecule has 1 aromatic heterocycles. The predicted octanol–water partition coefficient (Wildman–Crippen LogP) is 5.95. The molecule has 2 aliphatic rings. The van der Waals surface area contributed by atoms with E-state index in [2.05, 4.69) is 27.1 Å². The first-order valence-corrected chi connectivity index (χ1v) is 14.2. The molecule has 1 saturated carbocycles. The normalized spacial score (nSPS) is 19.5. The lowest BCUT2D eigenvalue weighted by atomic mass is 9.90. The fourth-order valence-electron chi connectivity index (χ4n) is 5.70. The zero-order valence-corrected chi connectivity index (χ0v) is 23.2. The summed E-state index contributed by atoms with van der Waals surface area (Å²) in [5.74, 6) is 2.00. The topological polar surface area (TPSA) is 87.3 Å². The molecule has 2 atom stereocenters. The molecule has 202 valence electrons. The number of ketones is 1. The van der Waals surface area contributed by atoms with E-state index < -0.39 is 0 Å². The molecule has 1 saturated heterocycles. The second-order valence-electron chi connectivity index (χ2n) is 10.6. The third-order valence-corrected chi connectivity index (χ3v) is 8.58. The van der Waals surface area contributed by atoms with E-state index in [0.717, 1.165) is 81.7 Å². The Morgan fingerprint density at radius 2 is 2.03 bits per heavy atom. The molecule has 1 aliphatic heterocycles. The molecule has 1 aromatic carbocycles. The van der Waals surface area contributed by atoms with Crippen LogP contribution >= 0.6 is 11.6 Å². The number of aromatic amines is 1. The van der Waals surface area contributed by atoms with Gasteiger partial charge in [-0.2, -0.15) is 0 Å². The fourth-order valence-corrected chi connectivity index (χ4v) is 5.87. The number of ether oxygens (including phenoxy) is 1. The molecule has 4 rings (SSSR count). The third-order valence-electron chi connectivity index (χ3n) is 8.34. The molecule has 0 unspecified atom stereocenters. The summed E-state index contributed by atoms with van der Waals surface area (Å²) in [6.45, 7) is 7.37. The summed E-state index contributed by atoms with van der Waals surface area (Å²) >= 11 is 6.25. The summed E-state index contributed by atoms with van der Waals surface area (Å²) < 4.78 is 5.52. The highest BCUT2D eigenvalue weighted by molar-refractivity contribution is 6.30. The molecule has 37 heavy (non-hydrogen) atoms. The van der Waals surface area contributed by atoms with Crippen LogP contribution < -0.4 is 10.1 Å². The smallest absolute Gasteiger partial charge is 0.224 e. The van der Waals surface area contributed by atoms with Crippen LogP contribution in [0.2, 0.25) is 5.02 Å². The van der Waals surface area contributed by atoms with Crippen LogP contribution in [-0.2, 0) is 9.59 Å². The largest absolute Gasteiger partial charge is 0.496 e. The van der Waals surface area contributed by atoms with Gasteiger partial charge < -0.3 is 19.9 Å². The number of unbranched alkanes of at least 4 members (excludes halogenated alkanes) is 2. The number of H-pyrrole nitrogens is 1. The number of imidazole rings is 1. The molecule has 2 fully saturated rings. The maximum atomic E-state index is 13.4. The van der Waals surface area contributed by atoms with Crippen LogP contribution in [0.15, 0.2) is 24.4 Å². The Kier molecular flexibility index (Phi) is 9.30. The number of aromatic nitrogens is 2. The number of benzene rings is 1. The third kappa shape index (κ3) is 6.74. The standard InChI is InChI=1S/C29H41ClN4O3/c1-4-21(35)9-7-6-8-10-24(33-28(36)23-18-29(23)13-15-34(5-2)16-14-29)27-31-19-25(32-27)22-17-20(30)11-12-26(22)37-3/h11-12,17,19,23-24H,4-10,13-16,18H2,1-3H3,(H,31,32)(H,33,36)/t23-,24+/m1/s1. The van der Waals surface area contributed by atoms with Crippen molar-refractivity contribution in [1.29, 1.82) is 0 Å². The van der Waals surface area contributed by atoms with Crippen molar-refractivity contribution in [2.24, 2.45) is 11.3 Å². The zero-order valence-electron chi connectivity index (χ0n) is 22.4. The van der Waals surface area contributed by atoms with Crippen molar-refractivity contribution in [3.8, 4) is 17.0 Å². The number of nitrogens with zero attached hydrogens (tertiary/aromatic N) is 2. The minimum atomic E-state index is -0.207. The van der Waals surface area contributed by atoms with Crippen LogP contribution in [0.5, 0.6) is 5.75 Å². The number of hydrogen-bond acceptors (Lipinski definition) is 5. The second-order valence-corrected chi connectivity index (χ2v) is 11.1. The zero-order chi connectivity index (χ0) is 26.4. The fraction of sp³-hybridized carbons (Fsp3) is 0.621. The van der Waals surface area contributed by atoms with Gasteiger partial charge in [0.05, 0.1) is 25.0 Å². The monoisotopic (exact) mass is 528 g/mol. The first-order chi connectivity index (χ1) is 17.9. The maximum absolute atomic E-state index is 13.4. The molecule has 0 bridgehead atoms. The van der Waals surface area contributed by atoms with Gasteiger partial charge in [0.2, 0.25) is 5.91 Å². The number of nitrogens with one attached hydrogen (secondary N) is 2. The summed E-state index contributed by atoms with van der Waals surface area (Å²) in [6.07, 6.45) is 9.74. The number of carbonyl (C=O) groups excluding carboxylic acids is 2. The second kappa shape index (κ2) is 12.4. The van der Waals surface area contributed by atoms with E-state index in [1.54, 1.807) is 19.4 Å². The van der Waals surface area contributed by atoms with Crippen LogP contribution in [0.4, 0.5) is 0 Å². The SMILES string of the molecule is CCC(=O)CCCCC[C@H](NC(=O)[C@H]1CC12CCN(CC)CC2)c1ncc(-c2cc(Cl)ccc2OC)[nH]1. The molecule has 2 N–H and O–H groups in total. The number of likely N-dealkylation sites (tertiary alicyclic amines) is 1. The van der Waals surface area contributed by atoms with Crippen molar-refractivity contribution in [3.63, 3.8) is 0 Å². The number of piperidine rings is 1. The van der Waals surface area contributed by atoms with E-state index in [-0.39, 0.29) is 23.3 Å². The number of Topliss-reactive ketones (excluding diaryl/α,β-unsaturated/α-hetero) is 1. The van der Waals surface area contributed by atoms with Gasteiger partial charge in [-0.3, -0.25) is 9.59 Å². The van der Waals surface area contributed by atoms with E-state index in [1.807, 2.05) is 19.1 Å². The molecule has 7 nitrogen and oxygen atoms in total. The summed E-state index contributed by atoms with van der Waals surface area (Å²) in [5, 5.41) is 3.95. The lowest BCUT2D eigenvalue weighted by Gasteiger charge is -2.32. The highest BCUT2D eigenvalue weighted by Gasteiger charge is 2.58. The van der Waals surface area contributed by atoms with Crippen LogP contribution in [0.3, 0.4) is 0 Å². The molecule has 0 radical (unpaired) electrons. The summed E-state index contributed by atoms with van der Waals surface area (Å²) in [4.78, 5) is 35.6. The van der Waals surface area contributed by atoms with Gasteiger partial charge in [0.25, 0.3) is 0 Å². The Bertz CT molecular complexity index is 1080. The van der Waals surface area contributed by atoms with Crippen LogP contribution in [0.25, 0.3) is 11.3 Å². The van der Waals surface area contributed by atoms with Gasteiger partial charge in [-0.15, -0.1) is 0 Å². The van der Waals surface area contributed by atoms with Gasteiger partial charge in [-0.25, -0.2) is 4.98 Å². The minimum absolute atomic E-state index is 0.0960.